The maximum Gasteiger partial charge on any atom is 0.338 e. The van der Waals surface area contributed by atoms with Gasteiger partial charge in [-0.15, -0.1) is 0 Å². The van der Waals surface area contributed by atoms with Crippen molar-refractivity contribution in [2.24, 2.45) is 0 Å². The molecule has 0 aromatic heterocycles. The summed E-state index contributed by atoms with van der Waals surface area (Å²) in [7, 11) is 0. The van der Waals surface area contributed by atoms with E-state index in [2.05, 4.69) is 28.9 Å². The van der Waals surface area contributed by atoms with Gasteiger partial charge >= 0.3 is 6.03 Å². The van der Waals surface area contributed by atoms with E-state index in [4.69, 9.17) is 40.2 Å². The van der Waals surface area contributed by atoms with Crippen LogP contribution < -0.4 is 15.5 Å². The van der Waals surface area contributed by atoms with Crippen molar-refractivity contribution in [3.05, 3.63) is 111 Å². The summed E-state index contributed by atoms with van der Waals surface area (Å²) in [4.78, 5) is 25.8. The number of hydrogen-bond acceptors (Lipinski definition) is 5. The first-order chi connectivity index (χ1) is 18.4. The average Bonchev–Trinajstić information content (AvgIpc) is 3.17. The molecule has 1 aliphatic rings. The number of amides is 3. The smallest absolute Gasteiger partial charge is 0.338 e. The van der Waals surface area contributed by atoms with Crippen molar-refractivity contribution in [3.63, 3.8) is 0 Å². The predicted molar refractivity (Wildman–Crippen MR) is 158 cm³/mol. The second-order valence-corrected chi connectivity index (χ2v) is 10.7. The number of rotatable bonds is 6. The number of hydrazine groups is 1. The second-order valence-electron chi connectivity index (χ2n) is 8.21. The normalized spacial score (nSPS) is 14.3. The van der Waals surface area contributed by atoms with E-state index < -0.39 is 11.9 Å². The fourth-order valence-electron chi connectivity index (χ4n) is 3.82. The Balaban J connectivity index is 1.24. The van der Waals surface area contributed by atoms with Gasteiger partial charge < -0.3 is 10.1 Å². The molecule has 3 amide bonds. The third-order valence-electron chi connectivity index (χ3n) is 5.61. The minimum absolute atomic E-state index is 0.203. The van der Waals surface area contributed by atoms with Crippen LogP contribution in [0.25, 0.3) is 16.8 Å². The van der Waals surface area contributed by atoms with E-state index in [1.807, 2.05) is 48.5 Å². The van der Waals surface area contributed by atoms with Gasteiger partial charge in [0.1, 0.15) is 12.4 Å². The Bertz CT molecular complexity index is 1600. The molecule has 38 heavy (non-hydrogen) atoms. The molecule has 4 aromatic carbocycles. The molecule has 0 spiro atoms. The molecule has 1 fully saturated rings. The third kappa shape index (κ3) is 5.95. The van der Waals surface area contributed by atoms with Crippen LogP contribution in [0, 0.1) is 0 Å². The lowest BCUT2D eigenvalue weighted by atomic mass is 10.1. The van der Waals surface area contributed by atoms with Crippen LogP contribution in [0.4, 0.5) is 10.5 Å². The van der Waals surface area contributed by atoms with Crippen LogP contribution in [0.5, 0.6) is 5.75 Å². The maximum atomic E-state index is 13.0. The van der Waals surface area contributed by atoms with Crippen LogP contribution in [0.3, 0.4) is 0 Å². The number of nitrogens with zero attached hydrogens (tertiary/aromatic N) is 1. The average molecular weight is 581 g/mol. The van der Waals surface area contributed by atoms with Crippen LogP contribution in [0.1, 0.15) is 11.1 Å². The molecule has 10 heteroatoms. The van der Waals surface area contributed by atoms with Gasteiger partial charge in [-0.25, -0.2) is 10.2 Å². The standard InChI is InChI=1S/C28H19Cl2N3O3S2/c29-23-12-11-20(15-24(23)30)31-27(35)32-33-26(34)25(38-28(33)37)14-17-5-3-9-21(13-17)36-16-19-8-4-7-18-6-1-2-10-22(18)19/h1-15H,16H2,(H2,31,32,35)/b25-14+. The number of hydrogen-bond donors (Lipinski definition) is 2. The lowest BCUT2D eigenvalue weighted by molar-refractivity contribution is -0.123. The molecule has 1 heterocycles. The summed E-state index contributed by atoms with van der Waals surface area (Å²) < 4.78 is 6.26. The number of halogens is 2. The summed E-state index contributed by atoms with van der Waals surface area (Å²) in [5.41, 5.74) is 4.73. The molecule has 0 unspecified atom stereocenters. The molecule has 5 rings (SSSR count). The van der Waals surface area contributed by atoms with Gasteiger partial charge in [0.15, 0.2) is 4.32 Å². The highest BCUT2D eigenvalue weighted by Gasteiger charge is 2.33. The van der Waals surface area contributed by atoms with E-state index >= 15 is 0 Å². The Morgan fingerprint density at radius 1 is 0.974 bits per heavy atom. The lowest BCUT2D eigenvalue weighted by Crippen LogP contribution is -2.46. The minimum atomic E-state index is -0.648. The molecule has 0 bridgehead atoms. The first kappa shape index (κ1) is 26.1. The first-order valence-electron chi connectivity index (χ1n) is 11.4. The number of anilines is 1. The quantitative estimate of drug-likeness (QED) is 0.181. The molecule has 0 atom stereocenters. The molecule has 1 aliphatic heterocycles. The van der Waals surface area contributed by atoms with Gasteiger partial charge in [0.2, 0.25) is 0 Å². The third-order valence-corrected chi connectivity index (χ3v) is 7.66. The second kappa shape index (κ2) is 11.4. The van der Waals surface area contributed by atoms with E-state index in [-0.39, 0.29) is 4.32 Å². The van der Waals surface area contributed by atoms with Crippen LogP contribution >= 0.6 is 47.2 Å². The van der Waals surface area contributed by atoms with Gasteiger partial charge in [0.25, 0.3) is 5.91 Å². The molecule has 0 saturated carbocycles. The molecular weight excluding hydrogens is 561 g/mol. The number of benzene rings is 4. The van der Waals surface area contributed by atoms with Gasteiger partial charge in [-0.05, 0) is 70.5 Å². The zero-order valence-electron chi connectivity index (χ0n) is 19.6. The van der Waals surface area contributed by atoms with E-state index in [0.29, 0.717) is 33.0 Å². The molecule has 0 radical (unpaired) electrons. The highest BCUT2D eigenvalue weighted by Crippen LogP contribution is 2.32. The molecule has 0 aliphatic carbocycles. The van der Waals surface area contributed by atoms with Crippen LogP contribution in [0.2, 0.25) is 10.0 Å². The van der Waals surface area contributed by atoms with Gasteiger partial charge in [-0.1, -0.05) is 89.6 Å². The van der Waals surface area contributed by atoms with Crippen molar-refractivity contribution in [2.45, 2.75) is 6.61 Å². The number of thioether (sulfide) groups is 1. The van der Waals surface area contributed by atoms with Gasteiger partial charge in [-0.3, -0.25) is 4.79 Å². The Morgan fingerprint density at radius 3 is 2.61 bits per heavy atom. The van der Waals surface area contributed by atoms with Crippen molar-refractivity contribution in [3.8, 4) is 5.75 Å². The molecule has 4 aromatic rings. The minimum Gasteiger partial charge on any atom is -0.489 e. The topological polar surface area (TPSA) is 70.7 Å². The molecule has 2 N–H and O–H groups in total. The summed E-state index contributed by atoms with van der Waals surface area (Å²) in [6, 6.07) is 25.7. The molecular formula is C28H19Cl2N3O3S2. The number of carbonyl (C=O) groups is 2. The summed E-state index contributed by atoms with van der Waals surface area (Å²) in [6.45, 7) is 0.408. The van der Waals surface area contributed by atoms with Crippen LogP contribution in [-0.2, 0) is 11.4 Å². The highest BCUT2D eigenvalue weighted by atomic mass is 35.5. The predicted octanol–water partition coefficient (Wildman–Crippen LogP) is 7.66. The van der Waals surface area contributed by atoms with Gasteiger partial charge in [0, 0.05) is 5.69 Å². The zero-order chi connectivity index (χ0) is 26.6. The number of urea groups is 1. The first-order valence-corrected chi connectivity index (χ1v) is 13.4. The number of thiocarbonyl (C=S) groups is 1. The van der Waals surface area contributed by atoms with Crippen molar-refractivity contribution < 1.29 is 14.3 Å². The summed E-state index contributed by atoms with van der Waals surface area (Å²) in [5, 5.41) is 6.58. The van der Waals surface area contributed by atoms with E-state index in [9.17, 15) is 9.59 Å². The summed E-state index contributed by atoms with van der Waals surface area (Å²) in [6.07, 6.45) is 1.71. The molecule has 6 nitrogen and oxygen atoms in total. The largest absolute Gasteiger partial charge is 0.489 e. The van der Waals surface area contributed by atoms with Crippen molar-refractivity contribution >= 4 is 86.0 Å². The number of fused-ring (bicyclic) bond motifs is 1. The fraction of sp³-hybridized carbons (Fsp3) is 0.0357. The van der Waals surface area contributed by atoms with Crippen LogP contribution in [0.15, 0.2) is 89.8 Å². The van der Waals surface area contributed by atoms with Crippen LogP contribution in [-0.4, -0.2) is 21.3 Å². The molecule has 190 valence electrons. The number of carbonyl (C=O) groups excluding carboxylic acids is 2. The van der Waals surface area contributed by atoms with E-state index in [1.165, 1.54) is 6.07 Å². The van der Waals surface area contributed by atoms with E-state index in [0.717, 1.165) is 38.7 Å². The maximum absolute atomic E-state index is 13.0. The van der Waals surface area contributed by atoms with Crippen molar-refractivity contribution in [2.75, 3.05) is 5.32 Å². The van der Waals surface area contributed by atoms with E-state index in [1.54, 1.807) is 18.2 Å². The number of nitrogens with one attached hydrogen (secondary N) is 2. The van der Waals surface area contributed by atoms with Gasteiger partial charge in [-0.2, -0.15) is 5.01 Å². The zero-order valence-corrected chi connectivity index (χ0v) is 22.8. The van der Waals surface area contributed by atoms with Gasteiger partial charge in [0.05, 0.1) is 15.0 Å². The summed E-state index contributed by atoms with van der Waals surface area (Å²) in [5.74, 6) is 0.229. The Hall–Kier alpha value is -3.56. The Kier molecular flexibility index (Phi) is 7.85. The Morgan fingerprint density at radius 2 is 1.76 bits per heavy atom. The lowest BCUT2D eigenvalue weighted by Gasteiger charge is -2.16. The van der Waals surface area contributed by atoms with Crippen molar-refractivity contribution in [1.82, 2.24) is 10.4 Å². The highest BCUT2D eigenvalue weighted by molar-refractivity contribution is 8.26. The monoisotopic (exact) mass is 579 g/mol. The SMILES string of the molecule is O=C(Nc1ccc(Cl)c(Cl)c1)NN1C(=O)/C(=C\c2cccc(OCc3cccc4ccccc34)c2)SC1=S. The summed E-state index contributed by atoms with van der Waals surface area (Å²) >= 11 is 18.3. The Labute approximate surface area is 238 Å². The number of ether oxygens (including phenoxy) is 1. The fourth-order valence-corrected chi connectivity index (χ4v) is 5.30. The molecule has 1 saturated heterocycles. The van der Waals surface area contributed by atoms with Crippen molar-refractivity contribution in [1.29, 1.82) is 0 Å².